The van der Waals surface area contributed by atoms with Crippen molar-refractivity contribution in [1.82, 2.24) is 20.1 Å². The van der Waals surface area contributed by atoms with Crippen LogP contribution in [0.5, 0.6) is 0 Å². The number of nitrogens with one attached hydrogen (secondary N) is 1. The highest BCUT2D eigenvalue weighted by Crippen LogP contribution is 2.20. The summed E-state index contributed by atoms with van der Waals surface area (Å²) in [6.07, 6.45) is 0.940. The van der Waals surface area contributed by atoms with Gasteiger partial charge in [-0.25, -0.2) is 10.1 Å². The van der Waals surface area contributed by atoms with Crippen LogP contribution in [0.25, 0.3) is 11.6 Å². The van der Waals surface area contributed by atoms with Crippen molar-refractivity contribution in [2.45, 2.75) is 6.42 Å². The van der Waals surface area contributed by atoms with Crippen LogP contribution in [-0.2, 0) is 11.2 Å². The number of morpholine rings is 1. The van der Waals surface area contributed by atoms with E-state index in [9.17, 15) is 0 Å². The predicted octanol–water partition coefficient (Wildman–Crippen LogP) is 1.73. The van der Waals surface area contributed by atoms with Crippen LogP contribution in [0, 0.1) is 4.84 Å². The minimum absolute atomic E-state index is 0.276. The molecular formula is C11H14N4O2S2. The molecule has 0 atom stereocenters. The van der Waals surface area contributed by atoms with Crippen LogP contribution >= 0.6 is 23.6 Å². The number of hydrogen-bond acceptors (Lipinski definition) is 7. The summed E-state index contributed by atoms with van der Waals surface area (Å²) in [5.74, 6) is 0.457. The second-order valence-corrected chi connectivity index (χ2v) is 5.56. The molecule has 8 heteroatoms. The van der Waals surface area contributed by atoms with E-state index in [1.807, 2.05) is 5.38 Å². The van der Waals surface area contributed by atoms with E-state index in [4.69, 9.17) is 21.4 Å². The molecule has 0 saturated carbocycles. The smallest absolute Gasteiger partial charge is 0.284 e. The van der Waals surface area contributed by atoms with Gasteiger partial charge in [0.1, 0.15) is 5.69 Å². The molecule has 3 rings (SSSR count). The van der Waals surface area contributed by atoms with E-state index in [2.05, 4.69) is 20.1 Å². The van der Waals surface area contributed by atoms with Crippen molar-refractivity contribution in [2.75, 3.05) is 32.8 Å². The van der Waals surface area contributed by atoms with E-state index < -0.39 is 0 Å². The Balaban J connectivity index is 1.60. The number of nitrogens with zero attached hydrogens (tertiary/aromatic N) is 3. The van der Waals surface area contributed by atoms with E-state index >= 15 is 0 Å². The summed E-state index contributed by atoms with van der Waals surface area (Å²) in [6.45, 7) is 4.69. The first-order valence-electron chi connectivity index (χ1n) is 6.11. The lowest BCUT2D eigenvalue weighted by Crippen LogP contribution is -2.37. The Morgan fingerprint density at radius 3 is 3.00 bits per heavy atom. The third-order valence-electron chi connectivity index (χ3n) is 2.95. The first-order chi connectivity index (χ1) is 9.31. The Kier molecular flexibility index (Phi) is 4.02. The molecular weight excluding hydrogens is 284 g/mol. The molecule has 102 valence electrons. The standard InChI is InChI=1S/C11H14N4O2S2/c18-11-14-13-10(17-11)8-7-19-9(12-8)1-2-15-3-5-16-6-4-15/h7H,1-6H2,(H,14,18). The molecule has 1 aliphatic heterocycles. The molecule has 0 amide bonds. The van der Waals surface area contributed by atoms with Crippen LogP contribution < -0.4 is 0 Å². The number of hydrogen-bond donors (Lipinski definition) is 1. The molecule has 19 heavy (non-hydrogen) atoms. The molecule has 3 heterocycles. The number of thiazole rings is 1. The van der Waals surface area contributed by atoms with Gasteiger partial charge in [-0.15, -0.1) is 16.4 Å². The molecule has 1 N–H and O–H groups in total. The fourth-order valence-corrected chi connectivity index (χ4v) is 2.83. The summed E-state index contributed by atoms with van der Waals surface area (Å²) < 4.78 is 10.6. The second kappa shape index (κ2) is 5.91. The summed E-state index contributed by atoms with van der Waals surface area (Å²) in [7, 11) is 0. The monoisotopic (exact) mass is 298 g/mol. The van der Waals surface area contributed by atoms with Crippen molar-refractivity contribution in [3.05, 3.63) is 15.2 Å². The number of aromatic nitrogens is 3. The maximum absolute atomic E-state index is 5.33. The lowest BCUT2D eigenvalue weighted by Gasteiger charge is -2.25. The van der Waals surface area contributed by atoms with Crippen molar-refractivity contribution < 1.29 is 9.15 Å². The average molecular weight is 298 g/mol. The third kappa shape index (κ3) is 3.27. The Labute approximate surface area is 119 Å². The van der Waals surface area contributed by atoms with Gasteiger partial charge in [0.2, 0.25) is 0 Å². The highest BCUT2D eigenvalue weighted by atomic mass is 32.1. The summed E-state index contributed by atoms with van der Waals surface area (Å²) in [6, 6.07) is 0. The summed E-state index contributed by atoms with van der Waals surface area (Å²) in [5, 5.41) is 9.61. The summed E-state index contributed by atoms with van der Waals surface area (Å²) >= 11 is 6.47. The van der Waals surface area contributed by atoms with Gasteiger partial charge in [-0.2, -0.15) is 0 Å². The highest BCUT2D eigenvalue weighted by molar-refractivity contribution is 7.71. The zero-order valence-corrected chi connectivity index (χ0v) is 11.9. The van der Waals surface area contributed by atoms with E-state index in [-0.39, 0.29) is 4.84 Å². The second-order valence-electron chi connectivity index (χ2n) is 4.25. The van der Waals surface area contributed by atoms with Crippen molar-refractivity contribution in [3.8, 4) is 11.6 Å². The van der Waals surface area contributed by atoms with Gasteiger partial charge in [-0.05, 0) is 12.2 Å². The minimum atomic E-state index is 0.276. The molecule has 1 saturated heterocycles. The normalized spacial score (nSPS) is 16.8. The van der Waals surface area contributed by atoms with Gasteiger partial charge in [-0.1, -0.05) is 0 Å². The predicted molar refractivity (Wildman–Crippen MR) is 73.8 cm³/mol. The molecule has 0 radical (unpaired) electrons. The minimum Gasteiger partial charge on any atom is -0.408 e. The van der Waals surface area contributed by atoms with Gasteiger partial charge in [0.15, 0.2) is 0 Å². The molecule has 0 aromatic carbocycles. The van der Waals surface area contributed by atoms with Crippen molar-refractivity contribution in [3.63, 3.8) is 0 Å². The van der Waals surface area contributed by atoms with Crippen molar-refractivity contribution in [1.29, 1.82) is 0 Å². The Morgan fingerprint density at radius 2 is 2.26 bits per heavy atom. The quantitative estimate of drug-likeness (QED) is 0.867. The number of aromatic amines is 1. The number of H-pyrrole nitrogens is 1. The fourth-order valence-electron chi connectivity index (χ4n) is 1.94. The molecule has 1 fully saturated rings. The SMILES string of the molecule is S=c1[nH]nc(-c2csc(CCN3CCOCC3)n2)o1. The number of rotatable bonds is 4. The highest BCUT2D eigenvalue weighted by Gasteiger charge is 2.13. The molecule has 2 aromatic heterocycles. The van der Waals surface area contributed by atoms with Gasteiger partial charge in [-0.3, -0.25) is 4.90 Å². The summed E-state index contributed by atoms with van der Waals surface area (Å²) in [5.41, 5.74) is 0.745. The topological polar surface area (TPSA) is 67.2 Å². The average Bonchev–Trinajstić information content (AvgIpc) is 3.06. The molecule has 1 aliphatic rings. The molecule has 0 bridgehead atoms. The van der Waals surface area contributed by atoms with Crippen LogP contribution in [0.15, 0.2) is 9.80 Å². The van der Waals surface area contributed by atoms with Crippen molar-refractivity contribution >= 4 is 23.6 Å². The van der Waals surface area contributed by atoms with Crippen LogP contribution in [0.3, 0.4) is 0 Å². The van der Waals surface area contributed by atoms with Gasteiger partial charge in [0.25, 0.3) is 10.7 Å². The zero-order chi connectivity index (χ0) is 13.1. The van der Waals surface area contributed by atoms with E-state index in [1.54, 1.807) is 11.3 Å². The number of ether oxygens (including phenoxy) is 1. The third-order valence-corrected chi connectivity index (χ3v) is 4.04. The Morgan fingerprint density at radius 1 is 1.42 bits per heavy atom. The fraction of sp³-hybridized carbons (Fsp3) is 0.545. The van der Waals surface area contributed by atoms with Gasteiger partial charge in [0.05, 0.1) is 18.2 Å². The molecule has 0 aliphatic carbocycles. The Bertz CT molecular complexity index is 585. The maximum Gasteiger partial charge on any atom is 0.284 e. The zero-order valence-electron chi connectivity index (χ0n) is 10.3. The van der Waals surface area contributed by atoms with Crippen LogP contribution in [0.4, 0.5) is 0 Å². The molecule has 2 aromatic rings. The van der Waals surface area contributed by atoms with E-state index in [1.165, 1.54) is 0 Å². The van der Waals surface area contributed by atoms with Crippen LogP contribution in [0.1, 0.15) is 5.01 Å². The van der Waals surface area contributed by atoms with Gasteiger partial charge >= 0.3 is 0 Å². The van der Waals surface area contributed by atoms with E-state index in [0.29, 0.717) is 5.89 Å². The van der Waals surface area contributed by atoms with Crippen LogP contribution in [0.2, 0.25) is 0 Å². The largest absolute Gasteiger partial charge is 0.408 e. The molecule has 6 nitrogen and oxygen atoms in total. The van der Waals surface area contributed by atoms with Crippen LogP contribution in [-0.4, -0.2) is 52.9 Å². The van der Waals surface area contributed by atoms with E-state index in [0.717, 1.165) is 50.0 Å². The van der Waals surface area contributed by atoms with Gasteiger partial charge in [0, 0.05) is 31.4 Å². The lowest BCUT2D eigenvalue weighted by atomic mass is 10.3. The van der Waals surface area contributed by atoms with Crippen molar-refractivity contribution in [2.24, 2.45) is 0 Å². The molecule has 0 spiro atoms. The lowest BCUT2D eigenvalue weighted by molar-refractivity contribution is 0.0384. The molecule has 0 unspecified atom stereocenters. The first kappa shape index (κ1) is 12.9. The maximum atomic E-state index is 5.33. The van der Waals surface area contributed by atoms with Gasteiger partial charge < -0.3 is 9.15 Å². The Hall–Kier alpha value is -1.09. The first-order valence-corrected chi connectivity index (χ1v) is 7.40. The summed E-state index contributed by atoms with van der Waals surface area (Å²) in [4.78, 5) is 7.19.